The molecule has 0 amide bonds. The summed E-state index contributed by atoms with van der Waals surface area (Å²) in [5.41, 5.74) is 1.38. The van der Waals surface area contributed by atoms with E-state index in [2.05, 4.69) is 15.3 Å². The van der Waals surface area contributed by atoms with Crippen LogP contribution in [-0.2, 0) is 6.61 Å². The van der Waals surface area contributed by atoms with Gasteiger partial charge in [0, 0.05) is 28.3 Å². The molecular formula is C21H19ClFN3O3. The van der Waals surface area contributed by atoms with Crippen molar-refractivity contribution in [2.75, 3.05) is 12.4 Å². The van der Waals surface area contributed by atoms with Crippen molar-refractivity contribution in [3.8, 4) is 11.5 Å². The maximum atomic E-state index is 14.5. The molecule has 0 saturated heterocycles. The van der Waals surface area contributed by atoms with Crippen LogP contribution in [0.1, 0.15) is 29.3 Å². The van der Waals surface area contributed by atoms with Crippen LogP contribution in [0.25, 0.3) is 0 Å². The monoisotopic (exact) mass is 415 g/mol. The highest BCUT2D eigenvalue weighted by atomic mass is 35.5. The number of Topliss-reactive ketones (excluding diaryl/α,β-unsaturated/α-hetero) is 1. The highest BCUT2D eigenvalue weighted by Crippen LogP contribution is 2.25. The van der Waals surface area contributed by atoms with Crippen LogP contribution in [0.5, 0.6) is 11.5 Å². The Balaban J connectivity index is 1.69. The van der Waals surface area contributed by atoms with E-state index in [1.165, 1.54) is 31.6 Å². The number of hydrogen-bond acceptors (Lipinski definition) is 6. The first-order chi connectivity index (χ1) is 14.0. The fourth-order valence-electron chi connectivity index (χ4n) is 2.55. The predicted molar refractivity (Wildman–Crippen MR) is 109 cm³/mol. The minimum atomic E-state index is -0.568. The van der Waals surface area contributed by atoms with Gasteiger partial charge in [0.2, 0.25) is 5.95 Å². The van der Waals surface area contributed by atoms with E-state index in [1.807, 2.05) is 0 Å². The van der Waals surface area contributed by atoms with Crippen molar-refractivity contribution in [1.82, 2.24) is 9.97 Å². The van der Waals surface area contributed by atoms with Gasteiger partial charge >= 0.3 is 0 Å². The molecular weight excluding hydrogens is 397 g/mol. The van der Waals surface area contributed by atoms with Crippen molar-refractivity contribution < 1.29 is 18.7 Å². The molecule has 0 aliphatic heterocycles. The molecule has 29 heavy (non-hydrogen) atoms. The first kappa shape index (κ1) is 20.5. The summed E-state index contributed by atoms with van der Waals surface area (Å²) in [4.78, 5) is 20.3. The highest BCUT2D eigenvalue weighted by molar-refractivity contribution is 6.30. The Morgan fingerprint density at radius 2 is 1.86 bits per heavy atom. The third-order valence-corrected chi connectivity index (χ3v) is 4.35. The molecule has 3 rings (SSSR count). The van der Waals surface area contributed by atoms with Crippen molar-refractivity contribution in [2.24, 2.45) is 0 Å². The zero-order valence-corrected chi connectivity index (χ0v) is 16.7. The first-order valence-corrected chi connectivity index (χ1v) is 9.25. The minimum absolute atomic E-state index is 0.00154. The molecule has 150 valence electrons. The van der Waals surface area contributed by atoms with Crippen molar-refractivity contribution in [3.05, 3.63) is 70.8 Å². The Kier molecular flexibility index (Phi) is 6.61. The number of nitrogens with one attached hydrogen (secondary N) is 1. The lowest BCUT2D eigenvalue weighted by Crippen LogP contribution is -2.06. The minimum Gasteiger partial charge on any atom is -0.494 e. The van der Waals surface area contributed by atoms with Gasteiger partial charge in [-0.1, -0.05) is 18.5 Å². The fraction of sp³-hybridized carbons (Fsp3) is 0.190. The number of ether oxygens (including phenoxy) is 2. The Morgan fingerprint density at radius 3 is 2.48 bits per heavy atom. The summed E-state index contributed by atoms with van der Waals surface area (Å²) in [5.74, 6) is 0.0644. The van der Waals surface area contributed by atoms with E-state index in [0.29, 0.717) is 28.7 Å². The van der Waals surface area contributed by atoms with E-state index in [1.54, 1.807) is 31.2 Å². The van der Waals surface area contributed by atoms with Gasteiger partial charge in [-0.25, -0.2) is 14.4 Å². The molecule has 3 aromatic rings. The molecule has 8 heteroatoms. The maximum absolute atomic E-state index is 14.5. The Labute approximate surface area is 172 Å². The van der Waals surface area contributed by atoms with E-state index in [9.17, 15) is 9.18 Å². The number of aromatic nitrogens is 2. The SMILES string of the molecule is CCC(=O)c1cc(COc2cnc(Nc3ccc(Cl)cc3)nc2)c(F)c(OC)c1. The quantitative estimate of drug-likeness (QED) is 0.510. The second kappa shape index (κ2) is 9.34. The lowest BCUT2D eigenvalue weighted by Gasteiger charge is -2.12. The summed E-state index contributed by atoms with van der Waals surface area (Å²) in [6, 6.07) is 9.98. The zero-order chi connectivity index (χ0) is 20.8. The number of methoxy groups -OCH3 is 1. The van der Waals surface area contributed by atoms with Crippen molar-refractivity contribution in [1.29, 1.82) is 0 Å². The average Bonchev–Trinajstić information content (AvgIpc) is 2.75. The summed E-state index contributed by atoms with van der Waals surface area (Å²) in [7, 11) is 1.35. The molecule has 6 nitrogen and oxygen atoms in total. The van der Waals surface area contributed by atoms with Crippen molar-refractivity contribution in [3.63, 3.8) is 0 Å². The number of carbonyl (C=O) groups is 1. The largest absolute Gasteiger partial charge is 0.494 e. The normalized spacial score (nSPS) is 10.5. The van der Waals surface area contributed by atoms with Crippen molar-refractivity contribution >= 4 is 29.0 Å². The van der Waals surface area contributed by atoms with Crippen LogP contribution in [0, 0.1) is 5.82 Å². The van der Waals surface area contributed by atoms with Crippen LogP contribution in [0.3, 0.4) is 0 Å². The number of carbonyl (C=O) groups excluding carboxylic acids is 1. The molecule has 0 spiro atoms. The van der Waals surface area contributed by atoms with Crippen LogP contribution in [0.15, 0.2) is 48.8 Å². The fourth-order valence-corrected chi connectivity index (χ4v) is 2.68. The standard InChI is InChI=1S/C21H19ClFN3O3/c1-3-18(27)13-8-14(20(23)19(9-13)28-2)12-29-17-10-24-21(25-11-17)26-16-6-4-15(22)5-7-16/h4-11H,3,12H2,1-2H3,(H,24,25,26). The summed E-state index contributed by atoms with van der Waals surface area (Å²) in [5, 5.41) is 3.67. The van der Waals surface area contributed by atoms with E-state index >= 15 is 0 Å². The van der Waals surface area contributed by atoms with Crippen LogP contribution in [0.4, 0.5) is 16.0 Å². The summed E-state index contributed by atoms with van der Waals surface area (Å²) < 4.78 is 25.1. The van der Waals surface area contributed by atoms with Crippen molar-refractivity contribution in [2.45, 2.75) is 20.0 Å². The number of rotatable bonds is 8. The Hall–Kier alpha value is -3.19. The lowest BCUT2D eigenvalue weighted by atomic mass is 10.0. The number of ketones is 1. The number of anilines is 2. The van der Waals surface area contributed by atoms with E-state index in [-0.39, 0.29) is 23.7 Å². The molecule has 2 aromatic carbocycles. The van der Waals surface area contributed by atoms with Crippen LogP contribution in [0.2, 0.25) is 5.02 Å². The average molecular weight is 416 g/mol. The molecule has 0 aliphatic rings. The zero-order valence-electron chi connectivity index (χ0n) is 15.9. The van der Waals surface area contributed by atoms with Gasteiger partial charge in [0.15, 0.2) is 23.1 Å². The molecule has 0 bridgehead atoms. The van der Waals surface area contributed by atoms with Gasteiger partial charge in [0.1, 0.15) is 6.61 Å². The summed E-state index contributed by atoms with van der Waals surface area (Å²) in [6.45, 7) is 1.64. The highest BCUT2D eigenvalue weighted by Gasteiger charge is 2.15. The Morgan fingerprint density at radius 1 is 1.17 bits per heavy atom. The molecule has 0 saturated carbocycles. The molecule has 0 unspecified atom stereocenters. The maximum Gasteiger partial charge on any atom is 0.227 e. The summed E-state index contributed by atoms with van der Waals surface area (Å²) in [6.07, 6.45) is 3.26. The van der Waals surface area contributed by atoms with Crippen LogP contribution in [-0.4, -0.2) is 22.9 Å². The van der Waals surface area contributed by atoms with Crippen LogP contribution >= 0.6 is 11.6 Å². The second-order valence-corrected chi connectivity index (χ2v) is 6.53. The van der Waals surface area contributed by atoms with Gasteiger partial charge in [-0.15, -0.1) is 0 Å². The molecule has 0 aliphatic carbocycles. The Bertz CT molecular complexity index is 995. The van der Waals surface area contributed by atoms with Crippen LogP contribution < -0.4 is 14.8 Å². The molecule has 1 aromatic heterocycles. The first-order valence-electron chi connectivity index (χ1n) is 8.87. The third kappa shape index (κ3) is 5.20. The summed E-state index contributed by atoms with van der Waals surface area (Å²) >= 11 is 5.86. The smallest absolute Gasteiger partial charge is 0.227 e. The number of halogens is 2. The molecule has 1 heterocycles. The van der Waals surface area contributed by atoms with Gasteiger partial charge in [-0.3, -0.25) is 4.79 Å². The number of nitrogens with zero attached hydrogens (tertiary/aromatic N) is 2. The third-order valence-electron chi connectivity index (χ3n) is 4.10. The molecule has 0 fully saturated rings. The molecule has 0 atom stereocenters. The molecule has 0 radical (unpaired) electrons. The van der Waals surface area contributed by atoms with E-state index in [0.717, 1.165) is 5.69 Å². The second-order valence-electron chi connectivity index (χ2n) is 6.09. The van der Waals surface area contributed by atoms with Gasteiger partial charge in [0.05, 0.1) is 19.5 Å². The van der Waals surface area contributed by atoms with Gasteiger partial charge in [-0.05, 0) is 36.4 Å². The van der Waals surface area contributed by atoms with E-state index < -0.39 is 5.82 Å². The van der Waals surface area contributed by atoms with E-state index in [4.69, 9.17) is 21.1 Å². The van der Waals surface area contributed by atoms with Gasteiger partial charge in [-0.2, -0.15) is 0 Å². The lowest BCUT2D eigenvalue weighted by molar-refractivity contribution is 0.0987. The van der Waals surface area contributed by atoms with Gasteiger partial charge < -0.3 is 14.8 Å². The molecule has 1 N–H and O–H groups in total. The number of hydrogen-bond donors (Lipinski definition) is 1. The topological polar surface area (TPSA) is 73.3 Å². The van der Waals surface area contributed by atoms with Gasteiger partial charge in [0.25, 0.3) is 0 Å². The predicted octanol–water partition coefficient (Wildman–Crippen LogP) is 5.19. The number of benzene rings is 2.